The van der Waals surface area contributed by atoms with Crippen molar-refractivity contribution in [2.75, 3.05) is 6.54 Å². The first kappa shape index (κ1) is 21.6. The lowest BCUT2D eigenvalue weighted by atomic mass is 9.78. The number of nitrogens with one attached hydrogen (secondary N) is 2. The molecule has 2 aliphatic rings. The summed E-state index contributed by atoms with van der Waals surface area (Å²) in [5, 5.41) is 3.19. The van der Waals surface area contributed by atoms with E-state index < -0.39 is 11.2 Å². The minimum Gasteiger partial charge on any atom is -0.351 e. The highest BCUT2D eigenvalue weighted by Crippen LogP contribution is 2.41. The van der Waals surface area contributed by atoms with Crippen molar-refractivity contribution in [1.82, 2.24) is 19.9 Å². The zero-order valence-electron chi connectivity index (χ0n) is 18.6. The Morgan fingerprint density at radius 2 is 1.91 bits per heavy atom. The summed E-state index contributed by atoms with van der Waals surface area (Å²) >= 11 is 0. The number of amides is 1. The number of aromatic amines is 1. The molecule has 2 aliphatic carbocycles. The molecular formula is C25H27FN4O3. The minimum atomic E-state index is -0.603. The molecule has 0 bridgehead atoms. The number of aryl methyl sites for hydroxylation is 1. The summed E-state index contributed by atoms with van der Waals surface area (Å²) in [6.07, 6.45) is 5.84. The Bertz CT molecular complexity index is 1330. The third kappa shape index (κ3) is 3.87. The molecule has 2 saturated carbocycles. The van der Waals surface area contributed by atoms with Gasteiger partial charge >= 0.3 is 5.69 Å². The first-order valence-electron chi connectivity index (χ1n) is 11.6. The van der Waals surface area contributed by atoms with Crippen molar-refractivity contribution < 1.29 is 9.18 Å². The highest BCUT2D eigenvalue weighted by atomic mass is 19.1. The van der Waals surface area contributed by atoms with E-state index in [1.54, 1.807) is 25.1 Å². The van der Waals surface area contributed by atoms with Gasteiger partial charge in [-0.05, 0) is 56.4 Å². The van der Waals surface area contributed by atoms with Crippen molar-refractivity contribution in [2.24, 2.45) is 0 Å². The van der Waals surface area contributed by atoms with E-state index in [9.17, 15) is 18.8 Å². The van der Waals surface area contributed by atoms with Crippen LogP contribution in [0.1, 0.15) is 73.0 Å². The Kier molecular flexibility index (Phi) is 5.38. The Balaban J connectivity index is 1.53. The summed E-state index contributed by atoms with van der Waals surface area (Å²) in [7, 11) is 0. The molecule has 0 aliphatic heterocycles. The van der Waals surface area contributed by atoms with Crippen LogP contribution in [0.4, 0.5) is 4.39 Å². The van der Waals surface area contributed by atoms with E-state index in [-0.39, 0.29) is 39.7 Å². The number of aromatic nitrogens is 3. The lowest BCUT2D eigenvalue weighted by Gasteiger charge is -2.30. The van der Waals surface area contributed by atoms with Gasteiger partial charge in [-0.1, -0.05) is 25.0 Å². The number of H-pyrrole nitrogens is 1. The number of hydrogen-bond acceptors (Lipinski definition) is 4. The molecule has 7 nitrogen and oxygen atoms in total. The highest BCUT2D eigenvalue weighted by Gasteiger charge is 2.36. The summed E-state index contributed by atoms with van der Waals surface area (Å²) in [6, 6.07) is 8.21. The molecule has 2 fully saturated rings. The Morgan fingerprint density at radius 3 is 2.55 bits per heavy atom. The van der Waals surface area contributed by atoms with Crippen molar-refractivity contribution in [1.29, 1.82) is 0 Å². The third-order valence-corrected chi connectivity index (χ3v) is 7.13. The van der Waals surface area contributed by atoms with Crippen LogP contribution in [-0.4, -0.2) is 27.0 Å². The first-order valence-corrected chi connectivity index (χ1v) is 11.6. The molecule has 1 amide bonds. The second kappa shape index (κ2) is 8.24. The normalized spacial score (nSPS) is 17.4. The van der Waals surface area contributed by atoms with Crippen molar-refractivity contribution >= 4 is 16.9 Å². The van der Waals surface area contributed by atoms with Crippen LogP contribution in [0.2, 0.25) is 0 Å². The van der Waals surface area contributed by atoms with E-state index in [0.29, 0.717) is 13.1 Å². The number of benzene rings is 1. The second-order valence-corrected chi connectivity index (χ2v) is 9.25. The number of carbonyl (C=O) groups excluding carboxylic acids is 1. The third-order valence-electron chi connectivity index (χ3n) is 7.13. The lowest BCUT2D eigenvalue weighted by Crippen LogP contribution is -2.40. The largest absolute Gasteiger partial charge is 0.351 e. The predicted molar refractivity (Wildman–Crippen MR) is 123 cm³/mol. The van der Waals surface area contributed by atoms with E-state index in [2.05, 4.69) is 15.3 Å². The van der Waals surface area contributed by atoms with E-state index in [1.807, 2.05) is 0 Å². The molecule has 2 heterocycles. The van der Waals surface area contributed by atoms with Crippen LogP contribution in [0.15, 0.2) is 39.9 Å². The second-order valence-electron chi connectivity index (χ2n) is 9.25. The Labute approximate surface area is 190 Å². The van der Waals surface area contributed by atoms with Crippen LogP contribution in [0, 0.1) is 5.82 Å². The van der Waals surface area contributed by atoms with Gasteiger partial charge in [0.25, 0.3) is 11.5 Å². The summed E-state index contributed by atoms with van der Waals surface area (Å²) in [6.45, 7) is 2.53. The average Bonchev–Trinajstić information content (AvgIpc) is 3.55. The topological polar surface area (TPSA) is 96.9 Å². The van der Waals surface area contributed by atoms with Crippen LogP contribution >= 0.6 is 0 Å². The number of fused-ring (bicyclic) bond motifs is 1. The molecule has 2 aromatic heterocycles. The fourth-order valence-corrected chi connectivity index (χ4v) is 5.12. The summed E-state index contributed by atoms with van der Waals surface area (Å²) in [5.41, 5.74) is 0.875. The predicted octanol–water partition coefficient (Wildman–Crippen LogP) is 3.36. The lowest BCUT2D eigenvalue weighted by molar-refractivity contribution is 0.0944. The van der Waals surface area contributed by atoms with Gasteiger partial charge < -0.3 is 5.32 Å². The van der Waals surface area contributed by atoms with Crippen molar-refractivity contribution in [2.45, 2.75) is 63.3 Å². The van der Waals surface area contributed by atoms with Crippen molar-refractivity contribution in [3.05, 3.63) is 73.8 Å². The number of nitrogens with zero attached hydrogens (tertiary/aromatic N) is 2. The van der Waals surface area contributed by atoms with Crippen LogP contribution in [0.25, 0.3) is 11.0 Å². The highest BCUT2D eigenvalue weighted by molar-refractivity contribution is 6.05. The standard InChI is InChI=1S/C25H27FN4O3/c1-2-30-21-20(23(32)29-24(30)33)18(13-19(28-21)15-5-6-15)22(31)27-14-25(11-3-4-12-25)16-7-9-17(26)10-8-16/h7-10,13,15H,2-6,11-12,14H2,1H3,(H,27,31)(H,29,32,33). The SMILES string of the molecule is CCn1c(=O)[nH]c(=O)c2c(C(=O)NCC3(c4ccc(F)cc4)CCCC3)cc(C3CC3)nc21. The Morgan fingerprint density at radius 1 is 1.21 bits per heavy atom. The van der Waals surface area contributed by atoms with Gasteiger partial charge in [0.15, 0.2) is 5.65 Å². The number of halogens is 1. The summed E-state index contributed by atoms with van der Waals surface area (Å²) < 4.78 is 14.9. The fraction of sp³-hybridized carbons (Fsp3) is 0.440. The van der Waals surface area contributed by atoms with Crippen LogP contribution in [0.3, 0.4) is 0 Å². The molecule has 3 aromatic rings. The smallest absolute Gasteiger partial charge is 0.329 e. The van der Waals surface area contributed by atoms with Gasteiger partial charge in [0.2, 0.25) is 0 Å². The van der Waals surface area contributed by atoms with E-state index >= 15 is 0 Å². The number of pyridine rings is 1. The molecule has 172 valence electrons. The molecule has 33 heavy (non-hydrogen) atoms. The van der Waals surface area contributed by atoms with E-state index in [0.717, 1.165) is 49.8 Å². The van der Waals surface area contributed by atoms with Gasteiger partial charge in [0.1, 0.15) is 5.82 Å². The number of rotatable bonds is 6. The van der Waals surface area contributed by atoms with Gasteiger partial charge in [-0.2, -0.15) is 0 Å². The zero-order valence-corrected chi connectivity index (χ0v) is 18.6. The molecule has 8 heteroatoms. The quantitative estimate of drug-likeness (QED) is 0.602. The molecule has 2 N–H and O–H groups in total. The maximum atomic E-state index is 13.5. The molecule has 0 atom stereocenters. The first-order chi connectivity index (χ1) is 15.9. The number of carbonyl (C=O) groups is 1. The monoisotopic (exact) mass is 450 g/mol. The molecule has 0 unspecified atom stereocenters. The van der Waals surface area contributed by atoms with Crippen LogP contribution in [0.5, 0.6) is 0 Å². The van der Waals surface area contributed by atoms with Crippen LogP contribution < -0.4 is 16.6 Å². The maximum Gasteiger partial charge on any atom is 0.329 e. The van der Waals surface area contributed by atoms with Crippen LogP contribution in [-0.2, 0) is 12.0 Å². The summed E-state index contributed by atoms with van der Waals surface area (Å²) in [5.74, 6) is -0.390. The van der Waals surface area contributed by atoms with E-state index in [1.165, 1.54) is 16.7 Å². The Hall–Kier alpha value is -3.29. The van der Waals surface area contributed by atoms with Crippen molar-refractivity contribution in [3.63, 3.8) is 0 Å². The van der Waals surface area contributed by atoms with E-state index in [4.69, 9.17) is 0 Å². The van der Waals surface area contributed by atoms with Gasteiger partial charge in [0.05, 0.1) is 10.9 Å². The van der Waals surface area contributed by atoms with Crippen molar-refractivity contribution in [3.8, 4) is 0 Å². The minimum absolute atomic E-state index is 0.139. The molecular weight excluding hydrogens is 423 g/mol. The van der Waals surface area contributed by atoms with Gasteiger partial charge in [-0.15, -0.1) is 0 Å². The molecule has 0 spiro atoms. The maximum absolute atomic E-state index is 13.5. The molecule has 5 rings (SSSR count). The van der Waals surface area contributed by atoms with Gasteiger partial charge in [0, 0.05) is 30.1 Å². The fourth-order valence-electron chi connectivity index (χ4n) is 5.12. The molecule has 0 saturated heterocycles. The molecule has 1 aromatic carbocycles. The molecule has 0 radical (unpaired) electrons. The van der Waals surface area contributed by atoms with Gasteiger partial charge in [-0.25, -0.2) is 14.2 Å². The summed E-state index contributed by atoms with van der Waals surface area (Å²) in [4.78, 5) is 45.4. The zero-order chi connectivity index (χ0) is 23.2. The average molecular weight is 451 g/mol. The number of hydrogen-bond donors (Lipinski definition) is 2. The van der Waals surface area contributed by atoms with Gasteiger partial charge in [-0.3, -0.25) is 19.1 Å².